The third kappa shape index (κ3) is 4.69. The van der Waals surface area contributed by atoms with Crippen LogP contribution in [0.25, 0.3) is 89.1 Å². The first-order valence-corrected chi connectivity index (χ1v) is 19.5. The molecule has 0 bridgehead atoms. The fourth-order valence-electron chi connectivity index (χ4n) is 9.63. The molecular formula is C54H33N3. The smallest absolute Gasteiger partial charge is 0.164 e. The molecule has 0 saturated heterocycles. The topological polar surface area (TPSA) is 38.7 Å². The van der Waals surface area contributed by atoms with Crippen molar-refractivity contribution in [2.45, 2.75) is 5.41 Å². The van der Waals surface area contributed by atoms with Crippen LogP contribution < -0.4 is 0 Å². The Morgan fingerprint density at radius 2 is 0.719 bits per heavy atom. The van der Waals surface area contributed by atoms with E-state index in [1.165, 1.54) is 54.9 Å². The van der Waals surface area contributed by atoms with E-state index in [2.05, 4.69) is 182 Å². The summed E-state index contributed by atoms with van der Waals surface area (Å²) in [6.07, 6.45) is 0. The number of benzene rings is 9. The predicted octanol–water partition coefficient (Wildman–Crippen LogP) is 13.2. The molecule has 0 unspecified atom stereocenters. The molecule has 0 N–H and O–H groups in total. The molecule has 9 aromatic carbocycles. The molecule has 0 saturated carbocycles. The minimum atomic E-state index is -0.418. The van der Waals surface area contributed by atoms with Crippen LogP contribution in [0.3, 0.4) is 0 Å². The second kappa shape index (κ2) is 12.3. The highest BCUT2D eigenvalue weighted by Crippen LogP contribution is 2.62. The third-order valence-corrected chi connectivity index (χ3v) is 12.1. The summed E-state index contributed by atoms with van der Waals surface area (Å²) in [5, 5.41) is 5.29. The average Bonchev–Trinajstić information content (AvgIpc) is 3.77. The molecule has 1 spiro atoms. The van der Waals surface area contributed by atoms with Crippen LogP contribution in [0.2, 0.25) is 0 Å². The minimum absolute atomic E-state index is 0.418. The van der Waals surface area contributed by atoms with Gasteiger partial charge in [-0.2, -0.15) is 0 Å². The Morgan fingerprint density at radius 1 is 0.263 bits per heavy atom. The van der Waals surface area contributed by atoms with Gasteiger partial charge >= 0.3 is 0 Å². The SMILES string of the molecule is c1ccc(-c2cc(-c3ccccc3)cc(-c3nc(-c4ccccc4)nc(-c4ccc5c(c4)-c4ccccc4C54c5cccc6ccc7cccc4c7c56)n3)c2)cc1. The van der Waals surface area contributed by atoms with Crippen molar-refractivity contribution >= 4 is 21.5 Å². The number of aromatic nitrogens is 3. The second-order valence-electron chi connectivity index (χ2n) is 15.1. The first kappa shape index (κ1) is 31.8. The molecule has 0 fully saturated rings. The van der Waals surface area contributed by atoms with Gasteiger partial charge in [-0.1, -0.05) is 176 Å². The van der Waals surface area contributed by atoms with Gasteiger partial charge in [-0.15, -0.1) is 0 Å². The molecule has 3 heteroatoms. The normalized spacial score (nSPS) is 13.1. The molecule has 264 valence electrons. The lowest BCUT2D eigenvalue weighted by molar-refractivity contribution is 0.797. The van der Waals surface area contributed by atoms with Crippen molar-refractivity contribution in [1.82, 2.24) is 15.0 Å². The quantitative estimate of drug-likeness (QED) is 0.166. The Morgan fingerprint density at radius 3 is 1.32 bits per heavy atom. The summed E-state index contributed by atoms with van der Waals surface area (Å²) in [6, 6.07) is 72.0. The van der Waals surface area contributed by atoms with Crippen LogP contribution >= 0.6 is 0 Å². The fraction of sp³-hybridized carbons (Fsp3) is 0.0185. The highest BCUT2D eigenvalue weighted by atomic mass is 15.0. The Bertz CT molecular complexity index is 3110. The Balaban J connectivity index is 1.08. The van der Waals surface area contributed by atoms with E-state index in [4.69, 9.17) is 15.0 Å². The number of hydrogen-bond donors (Lipinski definition) is 0. The zero-order valence-corrected chi connectivity index (χ0v) is 30.9. The van der Waals surface area contributed by atoms with Gasteiger partial charge in [0, 0.05) is 16.7 Å². The lowest BCUT2D eigenvalue weighted by Gasteiger charge is -2.30. The van der Waals surface area contributed by atoms with E-state index in [0.717, 1.165) is 38.9 Å². The van der Waals surface area contributed by atoms with E-state index in [1.54, 1.807) is 0 Å². The van der Waals surface area contributed by atoms with Crippen LogP contribution in [-0.2, 0) is 5.41 Å². The lowest BCUT2D eigenvalue weighted by Crippen LogP contribution is -2.26. The number of fused-ring (bicyclic) bond motifs is 7. The van der Waals surface area contributed by atoms with E-state index in [9.17, 15) is 0 Å². The third-order valence-electron chi connectivity index (χ3n) is 12.1. The van der Waals surface area contributed by atoms with Crippen molar-refractivity contribution in [2.24, 2.45) is 0 Å². The summed E-state index contributed by atoms with van der Waals surface area (Å²) < 4.78 is 0. The molecule has 0 atom stereocenters. The van der Waals surface area contributed by atoms with Crippen molar-refractivity contribution in [2.75, 3.05) is 0 Å². The number of hydrogen-bond acceptors (Lipinski definition) is 3. The first-order chi connectivity index (χ1) is 28.2. The maximum absolute atomic E-state index is 5.31. The van der Waals surface area contributed by atoms with Crippen molar-refractivity contribution in [3.63, 3.8) is 0 Å². The van der Waals surface area contributed by atoms with Crippen LogP contribution in [0.5, 0.6) is 0 Å². The van der Waals surface area contributed by atoms with Crippen molar-refractivity contribution in [1.29, 1.82) is 0 Å². The van der Waals surface area contributed by atoms with E-state index in [1.807, 2.05) is 18.2 Å². The van der Waals surface area contributed by atoms with Gasteiger partial charge in [-0.3, -0.25) is 0 Å². The van der Waals surface area contributed by atoms with Crippen LogP contribution in [0.4, 0.5) is 0 Å². The van der Waals surface area contributed by atoms with Crippen LogP contribution in [0, 0.1) is 0 Å². The zero-order valence-electron chi connectivity index (χ0n) is 30.9. The minimum Gasteiger partial charge on any atom is -0.208 e. The maximum atomic E-state index is 5.31. The molecule has 57 heavy (non-hydrogen) atoms. The predicted molar refractivity (Wildman–Crippen MR) is 233 cm³/mol. The highest BCUT2D eigenvalue weighted by molar-refractivity contribution is 6.17. The molecule has 0 aliphatic heterocycles. The lowest BCUT2D eigenvalue weighted by atomic mass is 9.70. The van der Waals surface area contributed by atoms with Gasteiger partial charge < -0.3 is 0 Å². The molecule has 3 nitrogen and oxygen atoms in total. The summed E-state index contributed by atoms with van der Waals surface area (Å²) >= 11 is 0. The van der Waals surface area contributed by atoms with E-state index >= 15 is 0 Å². The Hall–Kier alpha value is -7.49. The summed E-state index contributed by atoms with van der Waals surface area (Å²) in [5.41, 5.74) is 14.7. The van der Waals surface area contributed by atoms with E-state index < -0.39 is 5.41 Å². The molecule has 2 aliphatic rings. The Kier molecular flexibility index (Phi) is 6.84. The maximum Gasteiger partial charge on any atom is 0.164 e. The van der Waals surface area contributed by atoms with Gasteiger partial charge in [0.1, 0.15) is 0 Å². The molecule has 0 amide bonds. The van der Waals surface area contributed by atoms with Crippen LogP contribution in [0.1, 0.15) is 22.3 Å². The van der Waals surface area contributed by atoms with Gasteiger partial charge in [0.2, 0.25) is 0 Å². The number of rotatable bonds is 5. The summed E-state index contributed by atoms with van der Waals surface area (Å²) in [5.74, 6) is 1.92. The second-order valence-corrected chi connectivity index (χ2v) is 15.1. The van der Waals surface area contributed by atoms with Crippen LogP contribution in [0.15, 0.2) is 200 Å². The van der Waals surface area contributed by atoms with Gasteiger partial charge in [0.05, 0.1) is 5.41 Å². The van der Waals surface area contributed by atoms with Gasteiger partial charge in [0.15, 0.2) is 17.5 Å². The standard InChI is InChI=1S/C54H33N3/c1-4-14-34(15-5-1)40-30-41(35-16-6-2-7-17-35)32-42(31-40)53-56-51(38-18-8-3-9-19-38)55-52(57-53)39-28-29-46-44(33-39)43-22-10-11-23-45(43)54(46)47-24-12-20-36-26-27-37-21-13-25-48(54)50(37)49(36)47/h1-33H. The molecule has 1 aromatic heterocycles. The number of nitrogens with zero attached hydrogens (tertiary/aromatic N) is 3. The van der Waals surface area contributed by atoms with E-state index in [-0.39, 0.29) is 0 Å². The van der Waals surface area contributed by atoms with Crippen molar-refractivity contribution < 1.29 is 0 Å². The zero-order chi connectivity index (χ0) is 37.5. The monoisotopic (exact) mass is 723 g/mol. The average molecular weight is 724 g/mol. The fourth-order valence-corrected chi connectivity index (χ4v) is 9.63. The van der Waals surface area contributed by atoms with Gasteiger partial charge in [-0.25, -0.2) is 15.0 Å². The molecular weight excluding hydrogens is 691 g/mol. The summed E-state index contributed by atoms with van der Waals surface area (Å²) in [4.78, 5) is 15.7. The highest BCUT2D eigenvalue weighted by Gasteiger charge is 2.50. The summed E-state index contributed by atoms with van der Waals surface area (Å²) in [6.45, 7) is 0. The first-order valence-electron chi connectivity index (χ1n) is 19.5. The molecule has 10 aromatic rings. The van der Waals surface area contributed by atoms with Crippen molar-refractivity contribution in [3.8, 4) is 67.5 Å². The van der Waals surface area contributed by atoms with Crippen molar-refractivity contribution in [3.05, 3.63) is 222 Å². The molecule has 2 aliphatic carbocycles. The largest absolute Gasteiger partial charge is 0.208 e. The van der Waals surface area contributed by atoms with E-state index in [0.29, 0.717) is 17.5 Å². The van der Waals surface area contributed by atoms with Crippen LogP contribution in [-0.4, -0.2) is 15.0 Å². The van der Waals surface area contributed by atoms with Gasteiger partial charge in [-0.05, 0) is 101 Å². The van der Waals surface area contributed by atoms with Gasteiger partial charge in [0.25, 0.3) is 0 Å². The summed E-state index contributed by atoms with van der Waals surface area (Å²) in [7, 11) is 0. The molecule has 0 radical (unpaired) electrons. The molecule has 12 rings (SSSR count). The Labute approximate surface area is 330 Å². The molecule has 1 heterocycles.